The van der Waals surface area contributed by atoms with Crippen LogP contribution in [-0.4, -0.2) is 46.5 Å². The van der Waals surface area contributed by atoms with Crippen LogP contribution >= 0.6 is 0 Å². The molecule has 0 atom stereocenters. The Morgan fingerprint density at radius 1 is 0.906 bits per heavy atom. The van der Waals surface area contributed by atoms with Crippen LogP contribution in [0.2, 0.25) is 0 Å². The van der Waals surface area contributed by atoms with Crippen molar-refractivity contribution >= 4 is 28.9 Å². The second-order valence-electron chi connectivity index (χ2n) is 7.93. The third-order valence-electron chi connectivity index (χ3n) is 5.95. The Kier molecular flexibility index (Phi) is 5.46. The van der Waals surface area contributed by atoms with E-state index in [4.69, 9.17) is 0 Å². The van der Waals surface area contributed by atoms with Crippen molar-refractivity contribution in [2.45, 2.75) is 13.3 Å². The predicted octanol–water partition coefficient (Wildman–Crippen LogP) is 3.87. The molecule has 5 rings (SSSR count). The normalized spacial score (nSPS) is 14.0. The Balaban J connectivity index is 1.32. The van der Waals surface area contributed by atoms with Gasteiger partial charge in [0, 0.05) is 56.0 Å². The van der Waals surface area contributed by atoms with E-state index < -0.39 is 0 Å². The minimum atomic E-state index is -0.109. The number of anilines is 3. The highest BCUT2D eigenvalue weighted by Gasteiger charge is 2.21. The summed E-state index contributed by atoms with van der Waals surface area (Å²) < 4.78 is 2.10. The number of aromatic nitrogens is 3. The predicted molar refractivity (Wildman–Crippen MR) is 128 cm³/mol. The summed E-state index contributed by atoms with van der Waals surface area (Å²) in [6.45, 7) is 5.55. The van der Waals surface area contributed by atoms with Crippen molar-refractivity contribution in [2.24, 2.45) is 0 Å². The molecule has 7 heteroatoms. The van der Waals surface area contributed by atoms with Gasteiger partial charge >= 0.3 is 0 Å². The quantitative estimate of drug-likeness (QED) is 0.525. The maximum atomic E-state index is 12.9. The molecule has 32 heavy (non-hydrogen) atoms. The van der Waals surface area contributed by atoms with Gasteiger partial charge in [-0.1, -0.05) is 19.1 Å². The van der Waals surface area contributed by atoms with Gasteiger partial charge in [-0.15, -0.1) is 0 Å². The van der Waals surface area contributed by atoms with Gasteiger partial charge in [0.1, 0.15) is 5.82 Å². The van der Waals surface area contributed by atoms with Crippen molar-refractivity contribution in [3.8, 4) is 0 Å². The Morgan fingerprint density at radius 3 is 2.31 bits per heavy atom. The monoisotopic (exact) mass is 426 g/mol. The van der Waals surface area contributed by atoms with Crippen LogP contribution in [0.5, 0.6) is 0 Å². The number of nitrogens with one attached hydrogen (secondary N) is 1. The fourth-order valence-corrected chi connectivity index (χ4v) is 4.10. The zero-order chi connectivity index (χ0) is 21.9. The molecule has 1 aliphatic rings. The molecule has 1 fully saturated rings. The molecule has 1 amide bonds. The lowest BCUT2D eigenvalue weighted by molar-refractivity contribution is 0.102. The highest BCUT2D eigenvalue weighted by atomic mass is 16.1. The van der Waals surface area contributed by atoms with E-state index >= 15 is 0 Å². The van der Waals surface area contributed by atoms with Gasteiger partial charge in [0.15, 0.2) is 0 Å². The van der Waals surface area contributed by atoms with Crippen LogP contribution < -0.4 is 15.1 Å². The van der Waals surface area contributed by atoms with Crippen molar-refractivity contribution in [3.05, 3.63) is 84.3 Å². The number of hydrogen-bond acceptors (Lipinski definition) is 5. The summed E-state index contributed by atoms with van der Waals surface area (Å²) in [7, 11) is 0. The van der Waals surface area contributed by atoms with E-state index in [9.17, 15) is 4.79 Å². The molecule has 0 spiro atoms. The topological polar surface area (TPSA) is 65.8 Å². The van der Waals surface area contributed by atoms with E-state index in [1.54, 1.807) is 12.4 Å². The number of amides is 1. The molecule has 3 aromatic heterocycles. The Hall–Kier alpha value is -3.87. The number of carbonyl (C=O) groups excluding carboxylic acids is 1. The number of carbonyl (C=O) groups is 1. The molecule has 1 aliphatic heterocycles. The molecule has 0 bridgehead atoms. The molecule has 4 heterocycles. The molecular weight excluding hydrogens is 400 g/mol. The first-order chi connectivity index (χ1) is 15.7. The van der Waals surface area contributed by atoms with Gasteiger partial charge in [0.2, 0.25) is 5.95 Å². The number of aryl methyl sites for hydroxylation is 1. The first-order valence-corrected chi connectivity index (χ1v) is 11.0. The molecule has 7 nitrogen and oxygen atoms in total. The van der Waals surface area contributed by atoms with Gasteiger partial charge in [-0.3, -0.25) is 4.79 Å². The van der Waals surface area contributed by atoms with Crippen molar-refractivity contribution in [3.63, 3.8) is 0 Å². The lowest BCUT2D eigenvalue weighted by atomic mass is 10.1. The van der Waals surface area contributed by atoms with Crippen LogP contribution in [0.3, 0.4) is 0 Å². The highest BCUT2D eigenvalue weighted by Crippen LogP contribution is 2.23. The van der Waals surface area contributed by atoms with E-state index in [2.05, 4.69) is 48.5 Å². The maximum Gasteiger partial charge on any atom is 0.257 e. The molecule has 0 radical (unpaired) electrons. The summed E-state index contributed by atoms with van der Waals surface area (Å²) in [6.07, 6.45) is 6.46. The molecular formula is C25H26N6O. The van der Waals surface area contributed by atoms with Crippen molar-refractivity contribution in [2.75, 3.05) is 41.3 Å². The number of rotatable bonds is 5. The smallest absolute Gasteiger partial charge is 0.257 e. The van der Waals surface area contributed by atoms with Crippen LogP contribution in [0.1, 0.15) is 22.8 Å². The molecule has 1 saturated heterocycles. The molecule has 4 aromatic rings. The first kappa shape index (κ1) is 20.1. The molecule has 0 aliphatic carbocycles. The number of hydrogen-bond donors (Lipinski definition) is 1. The maximum absolute atomic E-state index is 12.9. The van der Waals surface area contributed by atoms with Crippen LogP contribution in [-0.2, 0) is 6.42 Å². The van der Waals surface area contributed by atoms with Crippen LogP contribution in [0.25, 0.3) is 5.52 Å². The zero-order valence-electron chi connectivity index (χ0n) is 18.1. The summed E-state index contributed by atoms with van der Waals surface area (Å²) in [5.74, 6) is 1.76. The number of fused-ring (bicyclic) bond motifs is 1. The molecule has 162 valence electrons. The first-order valence-electron chi connectivity index (χ1n) is 11.0. The SMILES string of the molecule is CCc1ccc(NC(=O)c2ccc3ccc(N4CCN(c5ncccn5)CC4)n3c2)cc1. The van der Waals surface area contributed by atoms with Gasteiger partial charge < -0.3 is 19.5 Å². The standard InChI is InChI=1S/C25H26N6O/c1-2-19-4-7-21(8-5-19)28-24(32)20-6-9-22-10-11-23(31(22)18-20)29-14-16-30(17-15-29)25-26-12-3-13-27-25/h3-13,18H,2,14-17H2,1H3,(H,28,32). The fourth-order valence-electron chi connectivity index (χ4n) is 4.10. The number of benzene rings is 1. The second-order valence-corrected chi connectivity index (χ2v) is 7.93. The average molecular weight is 427 g/mol. The summed E-state index contributed by atoms with van der Waals surface area (Å²) in [4.78, 5) is 26.1. The summed E-state index contributed by atoms with van der Waals surface area (Å²) in [6, 6.07) is 17.9. The second kappa shape index (κ2) is 8.70. The van der Waals surface area contributed by atoms with E-state index in [1.807, 2.05) is 48.7 Å². The minimum Gasteiger partial charge on any atom is -0.354 e. The van der Waals surface area contributed by atoms with E-state index in [0.717, 1.165) is 55.6 Å². The Morgan fingerprint density at radius 2 is 1.59 bits per heavy atom. The number of piperazine rings is 1. The fraction of sp³-hybridized carbons (Fsp3) is 0.240. The highest BCUT2D eigenvalue weighted by molar-refractivity contribution is 6.04. The summed E-state index contributed by atoms with van der Waals surface area (Å²) in [5, 5.41) is 3.00. The van der Waals surface area contributed by atoms with E-state index in [0.29, 0.717) is 5.56 Å². The average Bonchev–Trinajstić information content (AvgIpc) is 3.28. The third-order valence-corrected chi connectivity index (χ3v) is 5.95. The van der Waals surface area contributed by atoms with E-state index in [-0.39, 0.29) is 5.91 Å². The molecule has 1 aromatic carbocycles. The summed E-state index contributed by atoms with van der Waals surface area (Å²) in [5.41, 5.74) is 3.75. The third kappa shape index (κ3) is 4.01. The van der Waals surface area contributed by atoms with Crippen molar-refractivity contribution < 1.29 is 4.79 Å². The van der Waals surface area contributed by atoms with Crippen molar-refractivity contribution in [1.82, 2.24) is 14.4 Å². The summed E-state index contributed by atoms with van der Waals surface area (Å²) >= 11 is 0. The van der Waals surface area contributed by atoms with Crippen LogP contribution in [0, 0.1) is 0 Å². The zero-order valence-corrected chi connectivity index (χ0v) is 18.1. The van der Waals surface area contributed by atoms with Crippen LogP contribution in [0.4, 0.5) is 17.5 Å². The lowest BCUT2D eigenvalue weighted by Crippen LogP contribution is -2.47. The molecule has 0 saturated carbocycles. The Bertz CT molecular complexity index is 1210. The molecule has 0 unspecified atom stereocenters. The Labute approximate surface area is 187 Å². The van der Waals surface area contributed by atoms with Crippen molar-refractivity contribution in [1.29, 1.82) is 0 Å². The number of pyridine rings is 1. The van der Waals surface area contributed by atoms with Gasteiger partial charge in [-0.05, 0) is 54.4 Å². The van der Waals surface area contributed by atoms with Gasteiger partial charge in [0.25, 0.3) is 5.91 Å². The largest absolute Gasteiger partial charge is 0.354 e. The van der Waals surface area contributed by atoms with Gasteiger partial charge in [0.05, 0.1) is 5.56 Å². The number of nitrogens with zero attached hydrogens (tertiary/aromatic N) is 5. The van der Waals surface area contributed by atoms with E-state index in [1.165, 1.54) is 5.56 Å². The minimum absolute atomic E-state index is 0.109. The van der Waals surface area contributed by atoms with Gasteiger partial charge in [-0.25, -0.2) is 9.97 Å². The van der Waals surface area contributed by atoms with Gasteiger partial charge in [-0.2, -0.15) is 0 Å². The van der Waals surface area contributed by atoms with Crippen LogP contribution in [0.15, 0.2) is 73.2 Å². The lowest BCUT2D eigenvalue weighted by Gasteiger charge is -2.35. The molecule has 1 N–H and O–H groups in total.